The van der Waals surface area contributed by atoms with Gasteiger partial charge in [0.25, 0.3) is 5.91 Å². The number of nitrogens with two attached hydrogens (primary N) is 1. The number of aliphatic imine (C=N–C) groups is 1. The first-order valence-electron chi connectivity index (χ1n) is 8.11. The molecule has 132 valence electrons. The van der Waals surface area contributed by atoms with Crippen LogP contribution >= 0.6 is 0 Å². The molecule has 1 aromatic carbocycles. The summed E-state index contributed by atoms with van der Waals surface area (Å²) in [4.78, 5) is 15.9. The molecule has 0 amide bonds. The SMILES string of the molecule is COC(=O)c1ccc(C2C3(C#N)C(N)=NC4(OCC(C)O4)C23C#N)cc1. The van der Waals surface area contributed by atoms with Gasteiger partial charge in [-0.2, -0.15) is 10.5 Å². The fourth-order valence-corrected chi connectivity index (χ4v) is 4.29. The normalized spacial score (nSPS) is 39.6. The Bertz CT molecular complexity index is 915. The highest BCUT2D eigenvalue weighted by Crippen LogP contribution is 2.82. The number of methoxy groups -OCH3 is 1. The predicted molar refractivity (Wildman–Crippen MR) is 87.5 cm³/mol. The summed E-state index contributed by atoms with van der Waals surface area (Å²) in [6, 6.07) is 11.0. The fourth-order valence-electron chi connectivity index (χ4n) is 4.29. The summed E-state index contributed by atoms with van der Waals surface area (Å²) in [5, 5.41) is 20.0. The van der Waals surface area contributed by atoms with Crippen LogP contribution in [0.15, 0.2) is 29.3 Å². The number of fused-ring (bicyclic) bond motifs is 2. The van der Waals surface area contributed by atoms with Crippen molar-refractivity contribution in [3.05, 3.63) is 35.4 Å². The molecule has 1 aliphatic carbocycles. The van der Waals surface area contributed by atoms with Crippen LogP contribution in [0.4, 0.5) is 0 Å². The molecule has 1 saturated carbocycles. The van der Waals surface area contributed by atoms with E-state index in [0.29, 0.717) is 11.1 Å². The molecule has 26 heavy (non-hydrogen) atoms. The van der Waals surface area contributed by atoms with Gasteiger partial charge in [-0.3, -0.25) is 0 Å². The molecule has 0 bridgehead atoms. The zero-order valence-corrected chi connectivity index (χ0v) is 14.2. The molecular formula is C18H16N4O4. The second kappa shape index (κ2) is 5.04. The monoisotopic (exact) mass is 352 g/mol. The van der Waals surface area contributed by atoms with E-state index in [1.165, 1.54) is 7.11 Å². The van der Waals surface area contributed by atoms with Crippen LogP contribution in [0.1, 0.15) is 28.8 Å². The largest absolute Gasteiger partial charge is 0.465 e. The van der Waals surface area contributed by atoms with Crippen LogP contribution < -0.4 is 5.73 Å². The van der Waals surface area contributed by atoms with E-state index in [-0.39, 0.29) is 18.5 Å². The number of benzene rings is 1. The minimum Gasteiger partial charge on any atom is -0.465 e. The van der Waals surface area contributed by atoms with Gasteiger partial charge >= 0.3 is 5.97 Å². The van der Waals surface area contributed by atoms with Crippen molar-refractivity contribution in [3.8, 4) is 12.1 Å². The minimum absolute atomic E-state index is 0.0395. The molecule has 1 saturated heterocycles. The van der Waals surface area contributed by atoms with Crippen molar-refractivity contribution in [3.63, 3.8) is 0 Å². The Kier molecular flexibility index (Phi) is 3.20. The number of carbonyl (C=O) groups is 1. The van der Waals surface area contributed by atoms with E-state index in [4.69, 9.17) is 19.9 Å². The van der Waals surface area contributed by atoms with E-state index in [9.17, 15) is 15.3 Å². The molecule has 2 fully saturated rings. The van der Waals surface area contributed by atoms with Gasteiger partial charge in [-0.25, -0.2) is 9.79 Å². The number of nitrogens with zero attached hydrogens (tertiary/aromatic N) is 3. The van der Waals surface area contributed by atoms with Crippen LogP contribution in [0.25, 0.3) is 0 Å². The smallest absolute Gasteiger partial charge is 0.337 e. The van der Waals surface area contributed by atoms with Crippen LogP contribution in [0.3, 0.4) is 0 Å². The second-order valence-electron chi connectivity index (χ2n) is 6.70. The Morgan fingerprint density at radius 1 is 1.35 bits per heavy atom. The second-order valence-corrected chi connectivity index (χ2v) is 6.70. The lowest BCUT2D eigenvalue weighted by molar-refractivity contribution is -0.193. The zero-order valence-electron chi connectivity index (χ0n) is 14.2. The van der Waals surface area contributed by atoms with E-state index in [2.05, 4.69) is 17.1 Å². The van der Waals surface area contributed by atoms with Gasteiger partial charge < -0.3 is 19.9 Å². The predicted octanol–water partition coefficient (Wildman–Crippen LogP) is 1.05. The standard InChI is InChI=1S/C18H16N4O4/c1-10-7-25-18(26-10)17(9-20)13(16(17,8-19)15(21)22-18)11-3-5-12(6-4-11)14(23)24-2/h3-6,10,13H,7H2,1-2H3,(H2,21,22). The zero-order chi connectivity index (χ0) is 18.7. The molecular weight excluding hydrogens is 336 g/mol. The average Bonchev–Trinajstić information content (AvgIpc) is 3.05. The molecule has 5 unspecified atom stereocenters. The number of nitriles is 2. The Morgan fingerprint density at radius 2 is 2.04 bits per heavy atom. The van der Waals surface area contributed by atoms with Crippen molar-refractivity contribution in [1.29, 1.82) is 10.5 Å². The van der Waals surface area contributed by atoms with Crippen molar-refractivity contribution < 1.29 is 19.0 Å². The molecule has 0 aromatic heterocycles. The summed E-state index contributed by atoms with van der Waals surface area (Å²) in [6.45, 7) is 2.07. The lowest BCUT2D eigenvalue weighted by atomic mass is 9.93. The number of hydrogen-bond donors (Lipinski definition) is 1. The first kappa shape index (κ1) is 16.5. The molecule has 1 spiro atoms. The Hall–Kier alpha value is -2.94. The highest BCUT2D eigenvalue weighted by Gasteiger charge is 2.94. The van der Waals surface area contributed by atoms with Gasteiger partial charge in [0.1, 0.15) is 11.3 Å². The summed E-state index contributed by atoms with van der Waals surface area (Å²) in [5.74, 6) is -2.57. The van der Waals surface area contributed by atoms with E-state index >= 15 is 0 Å². The Morgan fingerprint density at radius 3 is 2.54 bits per heavy atom. The number of carbonyl (C=O) groups excluding carboxylic acids is 1. The maximum atomic E-state index is 11.6. The summed E-state index contributed by atoms with van der Waals surface area (Å²) in [7, 11) is 1.30. The number of esters is 1. The van der Waals surface area contributed by atoms with E-state index in [0.717, 1.165) is 0 Å². The van der Waals surface area contributed by atoms with Crippen LogP contribution in [0, 0.1) is 33.5 Å². The molecule has 8 nitrogen and oxygen atoms in total. The Balaban J connectivity index is 1.82. The van der Waals surface area contributed by atoms with Gasteiger partial charge in [-0.15, -0.1) is 0 Å². The summed E-state index contributed by atoms with van der Waals surface area (Å²) < 4.78 is 16.3. The molecule has 2 heterocycles. The summed E-state index contributed by atoms with van der Waals surface area (Å²) >= 11 is 0. The van der Waals surface area contributed by atoms with E-state index in [1.807, 2.05) is 0 Å². The molecule has 5 atom stereocenters. The van der Waals surface area contributed by atoms with Gasteiger partial charge in [0, 0.05) is 5.92 Å². The molecule has 2 N–H and O–H groups in total. The quantitative estimate of drug-likeness (QED) is 0.787. The third kappa shape index (κ3) is 1.59. The first-order valence-corrected chi connectivity index (χ1v) is 8.11. The third-order valence-corrected chi connectivity index (χ3v) is 5.47. The van der Waals surface area contributed by atoms with Crippen LogP contribution in [0.5, 0.6) is 0 Å². The van der Waals surface area contributed by atoms with Crippen LogP contribution in [-0.2, 0) is 14.2 Å². The molecule has 1 aromatic rings. The van der Waals surface area contributed by atoms with Crippen LogP contribution in [-0.4, -0.2) is 37.5 Å². The van der Waals surface area contributed by atoms with Crippen molar-refractivity contribution >= 4 is 11.8 Å². The van der Waals surface area contributed by atoms with Gasteiger partial charge in [0.15, 0.2) is 5.41 Å². The minimum atomic E-state index is -1.58. The number of amidine groups is 1. The topological polar surface area (TPSA) is 131 Å². The summed E-state index contributed by atoms with van der Waals surface area (Å²) in [5.41, 5.74) is 4.47. The highest BCUT2D eigenvalue weighted by atomic mass is 16.8. The average molecular weight is 352 g/mol. The van der Waals surface area contributed by atoms with E-state index in [1.54, 1.807) is 31.2 Å². The van der Waals surface area contributed by atoms with Crippen molar-refractivity contribution in [2.45, 2.75) is 24.9 Å². The lowest BCUT2D eigenvalue weighted by Crippen LogP contribution is -2.39. The number of hydrogen-bond acceptors (Lipinski definition) is 8. The molecule has 3 aliphatic rings. The van der Waals surface area contributed by atoms with Crippen molar-refractivity contribution in [1.82, 2.24) is 0 Å². The fraction of sp³-hybridized carbons (Fsp3) is 0.444. The lowest BCUT2D eigenvalue weighted by Gasteiger charge is -2.26. The van der Waals surface area contributed by atoms with Gasteiger partial charge in [-0.05, 0) is 24.6 Å². The van der Waals surface area contributed by atoms with Crippen molar-refractivity contribution in [2.24, 2.45) is 21.6 Å². The maximum absolute atomic E-state index is 11.6. The molecule has 0 radical (unpaired) electrons. The number of ether oxygens (including phenoxy) is 3. The maximum Gasteiger partial charge on any atom is 0.337 e. The molecule has 8 heteroatoms. The van der Waals surface area contributed by atoms with Crippen LogP contribution in [0.2, 0.25) is 0 Å². The third-order valence-electron chi connectivity index (χ3n) is 5.47. The first-order chi connectivity index (χ1) is 12.4. The van der Waals surface area contributed by atoms with Gasteiger partial charge in [-0.1, -0.05) is 12.1 Å². The molecule has 2 aliphatic heterocycles. The summed E-state index contributed by atoms with van der Waals surface area (Å²) in [6.07, 6.45) is -0.269. The number of rotatable bonds is 2. The van der Waals surface area contributed by atoms with Gasteiger partial charge in [0.05, 0.1) is 37.5 Å². The highest BCUT2D eigenvalue weighted by molar-refractivity contribution is 6.00. The molecule has 4 rings (SSSR count). The van der Waals surface area contributed by atoms with E-state index < -0.39 is 28.6 Å². The Labute approximate surface area is 149 Å². The van der Waals surface area contributed by atoms with Gasteiger partial charge in [0.2, 0.25) is 0 Å². The van der Waals surface area contributed by atoms with Crippen molar-refractivity contribution in [2.75, 3.05) is 13.7 Å².